The largest absolute Gasteiger partial charge is 0.381 e. The number of hydrogen-bond donors (Lipinski definition) is 0. The second-order valence-corrected chi connectivity index (χ2v) is 5.69. The first-order chi connectivity index (χ1) is 9.72. The SMILES string of the molecule is Cn1ncc(N2CCN(CC3CCOC3)CC2)cc1=O. The van der Waals surface area contributed by atoms with Gasteiger partial charge in [0.2, 0.25) is 0 Å². The highest BCUT2D eigenvalue weighted by atomic mass is 16.5. The first-order valence-corrected chi connectivity index (χ1v) is 7.31. The smallest absolute Gasteiger partial charge is 0.268 e. The predicted octanol–water partition coefficient (Wildman–Crippen LogP) is -0.0612. The van der Waals surface area contributed by atoms with Crippen LogP contribution in [0.15, 0.2) is 17.1 Å². The van der Waals surface area contributed by atoms with Gasteiger partial charge in [0.1, 0.15) is 0 Å². The van der Waals surface area contributed by atoms with Gasteiger partial charge in [-0.2, -0.15) is 5.10 Å². The van der Waals surface area contributed by atoms with Crippen LogP contribution in [0.2, 0.25) is 0 Å². The maximum atomic E-state index is 11.6. The fourth-order valence-electron chi connectivity index (χ4n) is 2.91. The van der Waals surface area contributed by atoms with Gasteiger partial charge in [-0.1, -0.05) is 0 Å². The number of piperazine rings is 1. The van der Waals surface area contributed by atoms with Crippen LogP contribution >= 0.6 is 0 Å². The third kappa shape index (κ3) is 3.02. The zero-order valence-corrected chi connectivity index (χ0v) is 12.0. The average molecular weight is 278 g/mol. The van der Waals surface area contributed by atoms with Crippen molar-refractivity contribution in [2.24, 2.45) is 13.0 Å². The van der Waals surface area contributed by atoms with Crippen molar-refractivity contribution in [1.29, 1.82) is 0 Å². The van der Waals surface area contributed by atoms with Crippen LogP contribution in [0.25, 0.3) is 0 Å². The number of ether oxygens (including phenoxy) is 1. The molecule has 2 aliphatic heterocycles. The van der Waals surface area contributed by atoms with Gasteiger partial charge in [0.05, 0.1) is 18.5 Å². The van der Waals surface area contributed by atoms with Crippen molar-refractivity contribution in [3.8, 4) is 0 Å². The maximum absolute atomic E-state index is 11.6. The van der Waals surface area contributed by atoms with Crippen molar-refractivity contribution >= 4 is 5.69 Å². The van der Waals surface area contributed by atoms with E-state index in [-0.39, 0.29) is 5.56 Å². The van der Waals surface area contributed by atoms with E-state index in [1.807, 2.05) is 0 Å². The van der Waals surface area contributed by atoms with Crippen molar-refractivity contribution in [3.63, 3.8) is 0 Å². The Morgan fingerprint density at radius 3 is 2.80 bits per heavy atom. The standard InChI is InChI=1S/C14H22N4O2/c1-16-14(19)8-13(9-15-16)18-5-3-17(4-6-18)10-12-2-7-20-11-12/h8-9,12H,2-7,10-11H2,1H3. The molecule has 2 fully saturated rings. The zero-order chi connectivity index (χ0) is 13.9. The van der Waals surface area contributed by atoms with E-state index in [4.69, 9.17) is 4.74 Å². The van der Waals surface area contributed by atoms with Gasteiger partial charge < -0.3 is 9.64 Å². The molecule has 2 aliphatic rings. The van der Waals surface area contributed by atoms with Crippen LogP contribution in [0.1, 0.15) is 6.42 Å². The molecule has 1 atom stereocenters. The van der Waals surface area contributed by atoms with Crippen LogP contribution in [0.4, 0.5) is 5.69 Å². The molecule has 0 bridgehead atoms. The lowest BCUT2D eigenvalue weighted by Crippen LogP contribution is -2.48. The molecule has 110 valence electrons. The molecule has 0 spiro atoms. The van der Waals surface area contributed by atoms with E-state index in [1.165, 1.54) is 11.1 Å². The highest BCUT2D eigenvalue weighted by molar-refractivity contribution is 5.43. The Hall–Kier alpha value is -1.40. The third-order valence-corrected chi connectivity index (χ3v) is 4.23. The minimum absolute atomic E-state index is 0.0481. The monoisotopic (exact) mass is 278 g/mol. The lowest BCUT2D eigenvalue weighted by Gasteiger charge is -2.36. The van der Waals surface area contributed by atoms with Crippen molar-refractivity contribution in [3.05, 3.63) is 22.6 Å². The number of aryl methyl sites for hydroxylation is 1. The topological polar surface area (TPSA) is 50.6 Å². The fraction of sp³-hybridized carbons (Fsp3) is 0.714. The zero-order valence-electron chi connectivity index (χ0n) is 12.0. The highest BCUT2D eigenvalue weighted by Gasteiger charge is 2.23. The minimum atomic E-state index is -0.0481. The lowest BCUT2D eigenvalue weighted by atomic mass is 10.1. The highest BCUT2D eigenvalue weighted by Crippen LogP contribution is 2.17. The summed E-state index contributed by atoms with van der Waals surface area (Å²) in [6, 6.07) is 1.67. The normalized spacial score (nSPS) is 24.2. The van der Waals surface area contributed by atoms with Gasteiger partial charge >= 0.3 is 0 Å². The first-order valence-electron chi connectivity index (χ1n) is 7.31. The molecule has 1 aromatic heterocycles. The quantitative estimate of drug-likeness (QED) is 0.775. The Balaban J connectivity index is 1.54. The molecule has 1 aromatic rings. The van der Waals surface area contributed by atoms with E-state index >= 15 is 0 Å². The van der Waals surface area contributed by atoms with Crippen LogP contribution < -0.4 is 10.5 Å². The van der Waals surface area contributed by atoms with E-state index in [0.717, 1.165) is 51.6 Å². The molecule has 0 N–H and O–H groups in total. The Morgan fingerprint density at radius 2 is 2.15 bits per heavy atom. The van der Waals surface area contributed by atoms with E-state index in [9.17, 15) is 4.79 Å². The van der Waals surface area contributed by atoms with Gasteiger partial charge in [0.25, 0.3) is 5.56 Å². The predicted molar refractivity (Wildman–Crippen MR) is 77.1 cm³/mol. The minimum Gasteiger partial charge on any atom is -0.381 e. The maximum Gasteiger partial charge on any atom is 0.268 e. The Kier molecular flexibility index (Phi) is 4.03. The van der Waals surface area contributed by atoms with E-state index in [2.05, 4.69) is 14.9 Å². The summed E-state index contributed by atoms with van der Waals surface area (Å²) in [6.45, 7) is 6.99. The lowest BCUT2D eigenvalue weighted by molar-refractivity contribution is 0.164. The first kappa shape index (κ1) is 13.6. The average Bonchev–Trinajstić information content (AvgIpc) is 2.96. The van der Waals surface area contributed by atoms with E-state index in [0.29, 0.717) is 5.92 Å². The van der Waals surface area contributed by atoms with Crippen LogP contribution in [-0.2, 0) is 11.8 Å². The number of rotatable bonds is 3. The number of hydrogen-bond acceptors (Lipinski definition) is 5. The van der Waals surface area contributed by atoms with Crippen LogP contribution in [0.5, 0.6) is 0 Å². The number of nitrogens with zero attached hydrogens (tertiary/aromatic N) is 4. The van der Waals surface area contributed by atoms with Gasteiger partial charge in [0, 0.05) is 52.4 Å². The molecule has 6 heteroatoms. The molecule has 20 heavy (non-hydrogen) atoms. The van der Waals surface area contributed by atoms with Crippen LogP contribution in [0.3, 0.4) is 0 Å². The summed E-state index contributed by atoms with van der Waals surface area (Å²) < 4.78 is 6.79. The molecule has 0 aromatic carbocycles. The molecule has 0 radical (unpaired) electrons. The summed E-state index contributed by atoms with van der Waals surface area (Å²) >= 11 is 0. The van der Waals surface area contributed by atoms with Gasteiger partial charge in [0.15, 0.2) is 0 Å². The van der Waals surface area contributed by atoms with Crippen molar-refractivity contribution < 1.29 is 4.74 Å². The Labute approximate surface area is 118 Å². The second-order valence-electron chi connectivity index (χ2n) is 5.69. The Bertz CT molecular complexity index is 502. The fourth-order valence-corrected chi connectivity index (χ4v) is 2.91. The molecular weight excluding hydrogens is 256 g/mol. The molecule has 0 aliphatic carbocycles. The number of anilines is 1. The van der Waals surface area contributed by atoms with Crippen molar-refractivity contribution in [2.45, 2.75) is 6.42 Å². The molecule has 6 nitrogen and oxygen atoms in total. The summed E-state index contributed by atoms with van der Waals surface area (Å²) in [6.07, 6.45) is 2.97. The van der Waals surface area contributed by atoms with Gasteiger partial charge in [-0.05, 0) is 12.3 Å². The summed E-state index contributed by atoms with van der Waals surface area (Å²) in [5.74, 6) is 0.701. The molecular formula is C14H22N4O2. The molecule has 2 saturated heterocycles. The van der Waals surface area contributed by atoms with Gasteiger partial charge in [-0.3, -0.25) is 9.69 Å². The third-order valence-electron chi connectivity index (χ3n) is 4.23. The number of aromatic nitrogens is 2. The van der Waals surface area contributed by atoms with Crippen molar-refractivity contribution in [2.75, 3.05) is 50.8 Å². The van der Waals surface area contributed by atoms with Crippen LogP contribution in [0, 0.1) is 5.92 Å². The summed E-state index contributed by atoms with van der Waals surface area (Å²) in [5.41, 5.74) is 0.894. The second kappa shape index (κ2) is 5.93. The van der Waals surface area contributed by atoms with Gasteiger partial charge in [-0.25, -0.2) is 4.68 Å². The molecule has 1 unspecified atom stereocenters. The van der Waals surface area contributed by atoms with Gasteiger partial charge in [-0.15, -0.1) is 0 Å². The Morgan fingerprint density at radius 1 is 1.35 bits per heavy atom. The summed E-state index contributed by atoms with van der Waals surface area (Å²) in [4.78, 5) is 16.4. The molecule has 0 saturated carbocycles. The van der Waals surface area contributed by atoms with E-state index in [1.54, 1.807) is 19.3 Å². The van der Waals surface area contributed by atoms with Crippen molar-refractivity contribution in [1.82, 2.24) is 14.7 Å². The molecule has 3 heterocycles. The summed E-state index contributed by atoms with van der Waals surface area (Å²) in [5, 5.41) is 4.09. The van der Waals surface area contributed by atoms with Crippen LogP contribution in [-0.4, -0.2) is 60.6 Å². The molecule has 3 rings (SSSR count). The summed E-state index contributed by atoms with van der Waals surface area (Å²) in [7, 11) is 1.67. The van der Waals surface area contributed by atoms with E-state index < -0.39 is 0 Å². The molecule has 0 amide bonds.